The molecule has 0 heterocycles. The van der Waals surface area contributed by atoms with E-state index in [9.17, 15) is 0 Å². The molecule has 2 aromatic rings. The highest BCUT2D eigenvalue weighted by Crippen LogP contribution is 1.98. The molecule has 0 radical (unpaired) electrons. The van der Waals surface area contributed by atoms with Gasteiger partial charge < -0.3 is 0 Å². The highest BCUT2D eigenvalue weighted by atomic mass is 35.5. The summed E-state index contributed by atoms with van der Waals surface area (Å²) in [6.07, 6.45) is 0. The molecule has 0 aliphatic rings. The second-order valence-electron chi connectivity index (χ2n) is 2.98. The first-order valence-electron chi connectivity index (χ1n) is 4.57. The molecule has 0 saturated heterocycles. The second-order valence-corrected chi connectivity index (χ2v) is 2.98. The third kappa shape index (κ3) is 3.50. The van der Waals surface area contributed by atoms with Crippen molar-refractivity contribution in [2.45, 2.75) is 0 Å². The molecule has 0 bridgehead atoms. The zero-order valence-corrected chi connectivity index (χ0v) is 9.00. The largest absolute Gasteiger partial charge is 0.147 e. The standard InChI is InChI=1S/C14H10.ClH/c1-3-7-13(8-4-1)11-12-14-9-5-2-6-10-14;/h1-10H;1H. The molecule has 74 valence electrons. The van der Waals surface area contributed by atoms with Crippen molar-refractivity contribution < 1.29 is 0 Å². The quantitative estimate of drug-likeness (QED) is 0.589. The maximum Gasteiger partial charge on any atom is 0.0249 e. The van der Waals surface area contributed by atoms with Crippen LogP contribution in [0.3, 0.4) is 0 Å². The Morgan fingerprint density at radius 2 is 0.867 bits per heavy atom. The molecule has 0 saturated carbocycles. The molecule has 0 N–H and O–H groups in total. The molecular formula is C14H11Cl. The van der Waals surface area contributed by atoms with Gasteiger partial charge in [-0.15, -0.1) is 12.4 Å². The van der Waals surface area contributed by atoms with Crippen LogP contribution in [0.2, 0.25) is 0 Å². The molecule has 0 unspecified atom stereocenters. The highest BCUT2D eigenvalue weighted by Gasteiger charge is 1.83. The maximum atomic E-state index is 3.11. The first-order valence-corrected chi connectivity index (χ1v) is 4.57. The molecule has 0 aromatic heterocycles. The third-order valence-corrected chi connectivity index (χ3v) is 1.90. The summed E-state index contributed by atoms with van der Waals surface area (Å²) in [6, 6.07) is 20.0. The average molecular weight is 215 g/mol. The second kappa shape index (κ2) is 5.90. The molecule has 0 atom stereocenters. The zero-order chi connectivity index (χ0) is 9.64. The van der Waals surface area contributed by atoms with Gasteiger partial charge in [0.1, 0.15) is 0 Å². The molecule has 2 rings (SSSR count). The lowest BCUT2D eigenvalue weighted by atomic mass is 10.2. The van der Waals surface area contributed by atoms with Gasteiger partial charge in [0.2, 0.25) is 0 Å². The van der Waals surface area contributed by atoms with E-state index in [4.69, 9.17) is 0 Å². The predicted octanol–water partition coefficient (Wildman–Crippen LogP) is 3.51. The van der Waals surface area contributed by atoms with Crippen molar-refractivity contribution in [3.05, 3.63) is 71.8 Å². The Labute approximate surface area is 96.4 Å². The number of rotatable bonds is 0. The predicted molar refractivity (Wildman–Crippen MR) is 66.1 cm³/mol. The van der Waals surface area contributed by atoms with Crippen LogP contribution in [0.25, 0.3) is 0 Å². The molecule has 0 aliphatic heterocycles. The third-order valence-electron chi connectivity index (χ3n) is 1.90. The van der Waals surface area contributed by atoms with Crippen LogP contribution in [0.5, 0.6) is 0 Å². The van der Waals surface area contributed by atoms with E-state index in [0.717, 1.165) is 11.1 Å². The van der Waals surface area contributed by atoms with Gasteiger partial charge in [0.15, 0.2) is 0 Å². The Morgan fingerprint density at radius 1 is 0.533 bits per heavy atom. The van der Waals surface area contributed by atoms with Gasteiger partial charge in [-0.2, -0.15) is 0 Å². The fraction of sp³-hybridized carbons (Fsp3) is 0. The molecule has 0 amide bonds. The fourth-order valence-corrected chi connectivity index (χ4v) is 1.19. The molecule has 0 fully saturated rings. The maximum absolute atomic E-state index is 3.11. The molecule has 0 nitrogen and oxygen atoms in total. The lowest BCUT2D eigenvalue weighted by Gasteiger charge is -1.88. The summed E-state index contributed by atoms with van der Waals surface area (Å²) in [5.74, 6) is 6.22. The molecular weight excluding hydrogens is 204 g/mol. The summed E-state index contributed by atoms with van der Waals surface area (Å²) in [7, 11) is 0. The van der Waals surface area contributed by atoms with Gasteiger partial charge in [0.05, 0.1) is 0 Å². The summed E-state index contributed by atoms with van der Waals surface area (Å²) >= 11 is 0. The summed E-state index contributed by atoms with van der Waals surface area (Å²) in [5.41, 5.74) is 2.10. The van der Waals surface area contributed by atoms with Crippen LogP contribution >= 0.6 is 12.4 Å². The zero-order valence-electron chi connectivity index (χ0n) is 8.18. The van der Waals surface area contributed by atoms with Crippen LogP contribution in [0.1, 0.15) is 11.1 Å². The van der Waals surface area contributed by atoms with E-state index < -0.39 is 0 Å². The first kappa shape index (κ1) is 11.4. The van der Waals surface area contributed by atoms with Crippen molar-refractivity contribution in [1.82, 2.24) is 0 Å². The minimum Gasteiger partial charge on any atom is -0.147 e. The Kier molecular flexibility index (Phi) is 4.47. The topological polar surface area (TPSA) is 0 Å². The molecule has 1 heteroatoms. The van der Waals surface area contributed by atoms with Crippen LogP contribution in [-0.4, -0.2) is 0 Å². The summed E-state index contributed by atoms with van der Waals surface area (Å²) in [6.45, 7) is 0. The first-order chi connectivity index (χ1) is 6.95. The van der Waals surface area contributed by atoms with Crippen molar-refractivity contribution in [3.8, 4) is 11.8 Å². The molecule has 0 aliphatic carbocycles. The summed E-state index contributed by atoms with van der Waals surface area (Å²) < 4.78 is 0. The Morgan fingerprint density at radius 3 is 1.20 bits per heavy atom. The molecule has 2 aromatic carbocycles. The van der Waals surface area contributed by atoms with E-state index in [1.54, 1.807) is 0 Å². The van der Waals surface area contributed by atoms with Crippen molar-refractivity contribution in [2.75, 3.05) is 0 Å². The Bertz CT molecular complexity index is 405. The van der Waals surface area contributed by atoms with Crippen molar-refractivity contribution in [3.63, 3.8) is 0 Å². The summed E-state index contributed by atoms with van der Waals surface area (Å²) in [5, 5.41) is 0. The van der Waals surface area contributed by atoms with Crippen molar-refractivity contribution in [2.24, 2.45) is 0 Å². The van der Waals surface area contributed by atoms with E-state index in [1.807, 2.05) is 60.7 Å². The van der Waals surface area contributed by atoms with E-state index >= 15 is 0 Å². The van der Waals surface area contributed by atoms with Gasteiger partial charge >= 0.3 is 0 Å². The number of hydrogen-bond acceptors (Lipinski definition) is 0. The number of benzene rings is 2. The SMILES string of the molecule is C(#Cc1ccccc1)c1ccccc1.Cl. The minimum absolute atomic E-state index is 0. The molecule has 0 spiro atoms. The normalized spacial score (nSPS) is 8.27. The lowest BCUT2D eigenvalue weighted by Crippen LogP contribution is -1.73. The monoisotopic (exact) mass is 214 g/mol. The fourth-order valence-electron chi connectivity index (χ4n) is 1.19. The lowest BCUT2D eigenvalue weighted by molar-refractivity contribution is 1.62. The van der Waals surface area contributed by atoms with Crippen LogP contribution < -0.4 is 0 Å². The Balaban J connectivity index is 0.00000112. The number of halogens is 1. The van der Waals surface area contributed by atoms with Gasteiger partial charge in [-0.05, 0) is 24.3 Å². The highest BCUT2D eigenvalue weighted by molar-refractivity contribution is 5.85. The van der Waals surface area contributed by atoms with Crippen LogP contribution in [0.4, 0.5) is 0 Å². The minimum atomic E-state index is 0. The van der Waals surface area contributed by atoms with Gasteiger partial charge in [-0.3, -0.25) is 0 Å². The smallest absolute Gasteiger partial charge is 0.0249 e. The summed E-state index contributed by atoms with van der Waals surface area (Å²) in [4.78, 5) is 0. The van der Waals surface area contributed by atoms with Crippen LogP contribution in [0, 0.1) is 11.8 Å². The van der Waals surface area contributed by atoms with Crippen molar-refractivity contribution in [1.29, 1.82) is 0 Å². The van der Waals surface area contributed by atoms with Gasteiger partial charge in [-0.25, -0.2) is 0 Å². The van der Waals surface area contributed by atoms with Crippen molar-refractivity contribution >= 4 is 12.4 Å². The van der Waals surface area contributed by atoms with E-state index in [0.29, 0.717) is 0 Å². The van der Waals surface area contributed by atoms with E-state index in [1.165, 1.54) is 0 Å². The van der Waals surface area contributed by atoms with Gasteiger partial charge in [0, 0.05) is 11.1 Å². The van der Waals surface area contributed by atoms with E-state index in [-0.39, 0.29) is 12.4 Å². The van der Waals surface area contributed by atoms with Crippen LogP contribution in [-0.2, 0) is 0 Å². The average Bonchev–Trinajstić information content (AvgIpc) is 2.29. The number of hydrogen-bond donors (Lipinski definition) is 0. The van der Waals surface area contributed by atoms with Gasteiger partial charge in [-0.1, -0.05) is 48.2 Å². The van der Waals surface area contributed by atoms with Gasteiger partial charge in [0.25, 0.3) is 0 Å². The Hall–Kier alpha value is -1.71. The molecule has 15 heavy (non-hydrogen) atoms. The van der Waals surface area contributed by atoms with Crippen LogP contribution in [0.15, 0.2) is 60.7 Å². The van der Waals surface area contributed by atoms with E-state index in [2.05, 4.69) is 11.8 Å².